The van der Waals surface area contributed by atoms with Crippen LogP contribution in [0.2, 0.25) is 0 Å². The molecule has 0 heterocycles. The molecule has 0 bridgehead atoms. The maximum absolute atomic E-state index is 13.5. The predicted octanol–water partition coefficient (Wildman–Crippen LogP) is 4.71. The van der Waals surface area contributed by atoms with Gasteiger partial charge in [0.05, 0.1) is 18.2 Å². The average Bonchev–Trinajstić information content (AvgIpc) is 3.29. The Kier molecular flexibility index (Phi) is 10.7. The largest absolute Gasteiger partial charge is 0.445 e. The lowest BCUT2D eigenvalue weighted by atomic mass is 9.88. The number of rotatable bonds is 13. The van der Waals surface area contributed by atoms with Crippen LogP contribution in [0, 0.1) is 11.8 Å². The smallest absolute Gasteiger partial charge is 0.407 e. The zero-order valence-electron chi connectivity index (χ0n) is 23.0. The fraction of sp³-hybridized carbons (Fsp3) is 0.394. The van der Waals surface area contributed by atoms with E-state index in [9.17, 15) is 19.8 Å². The number of amides is 2. The maximum Gasteiger partial charge on any atom is 0.407 e. The average molecular weight is 545 g/mol. The van der Waals surface area contributed by atoms with Crippen LogP contribution in [0.5, 0.6) is 0 Å². The monoisotopic (exact) mass is 544 g/mol. The predicted molar refractivity (Wildman–Crippen MR) is 154 cm³/mol. The minimum atomic E-state index is -0.729. The number of aliphatic hydroxyl groups is 2. The number of nitrogens with one attached hydrogen (secondary N) is 2. The van der Waals surface area contributed by atoms with E-state index in [0.29, 0.717) is 25.8 Å². The van der Waals surface area contributed by atoms with Gasteiger partial charge in [0, 0.05) is 18.9 Å². The molecule has 212 valence electrons. The van der Waals surface area contributed by atoms with Gasteiger partial charge in [0.25, 0.3) is 0 Å². The SMILES string of the molecule is CCC(CNC(=O)OCc1ccccc1)C[C@H](O)C[C@@H](Cc1ccccc1)C(=O)N[C@H]1c2ccccc2C[C@H]1O. The lowest BCUT2D eigenvalue weighted by molar-refractivity contribution is -0.127. The summed E-state index contributed by atoms with van der Waals surface area (Å²) in [5.74, 6) is -0.624. The van der Waals surface area contributed by atoms with Crippen LogP contribution in [0.3, 0.4) is 0 Å². The van der Waals surface area contributed by atoms with Gasteiger partial charge in [0.1, 0.15) is 6.61 Å². The summed E-state index contributed by atoms with van der Waals surface area (Å²) in [6.07, 6.45) is 0.572. The van der Waals surface area contributed by atoms with Crippen molar-refractivity contribution < 1.29 is 24.5 Å². The van der Waals surface area contributed by atoms with Gasteiger partial charge in [-0.1, -0.05) is 98.3 Å². The number of hydrogen-bond donors (Lipinski definition) is 4. The normalized spacial score (nSPS) is 18.3. The van der Waals surface area contributed by atoms with Crippen LogP contribution >= 0.6 is 0 Å². The van der Waals surface area contributed by atoms with Crippen LogP contribution < -0.4 is 10.6 Å². The molecule has 0 fully saturated rings. The number of hydrogen-bond acceptors (Lipinski definition) is 5. The van der Waals surface area contributed by atoms with Crippen molar-refractivity contribution in [3.63, 3.8) is 0 Å². The van der Waals surface area contributed by atoms with E-state index in [1.54, 1.807) is 0 Å². The van der Waals surface area contributed by atoms with Gasteiger partial charge in [0.2, 0.25) is 5.91 Å². The molecule has 3 aromatic rings. The molecule has 1 aliphatic rings. The quantitative estimate of drug-likeness (QED) is 0.249. The Labute approximate surface area is 236 Å². The molecule has 40 heavy (non-hydrogen) atoms. The Morgan fingerprint density at radius 1 is 0.925 bits per heavy atom. The molecule has 7 nitrogen and oxygen atoms in total. The molecule has 4 N–H and O–H groups in total. The highest BCUT2D eigenvalue weighted by atomic mass is 16.5. The molecule has 3 aromatic carbocycles. The molecule has 0 aliphatic heterocycles. The van der Waals surface area contributed by atoms with Crippen molar-refractivity contribution in [1.82, 2.24) is 10.6 Å². The fourth-order valence-corrected chi connectivity index (χ4v) is 5.41. The lowest BCUT2D eigenvalue weighted by Crippen LogP contribution is -2.40. The van der Waals surface area contributed by atoms with E-state index in [-0.39, 0.29) is 24.9 Å². The molecule has 4 rings (SSSR count). The number of carbonyl (C=O) groups excluding carboxylic acids is 2. The molecular weight excluding hydrogens is 504 g/mol. The highest BCUT2D eigenvalue weighted by molar-refractivity contribution is 5.80. The van der Waals surface area contributed by atoms with Gasteiger partial charge < -0.3 is 25.6 Å². The van der Waals surface area contributed by atoms with E-state index in [1.807, 2.05) is 91.9 Å². The maximum atomic E-state index is 13.5. The minimum absolute atomic E-state index is 0.0308. The number of fused-ring (bicyclic) bond motifs is 1. The first-order valence-corrected chi connectivity index (χ1v) is 14.2. The Morgan fingerprint density at radius 2 is 1.57 bits per heavy atom. The molecule has 1 aliphatic carbocycles. The summed E-state index contributed by atoms with van der Waals surface area (Å²) < 4.78 is 5.30. The molecular formula is C33H40N2O5. The number of alkyl carbamates (subject to hydrolysis) is 1. The second-order valence-electron chi connectivity index (χ2n) is 10.7. The molecule has 5 atom stereocenters. The van der Waals surface area contributed by atoms with Crippen LogP contribution in [0.4, 0.5) is 4.79 Å². The Balaban J connectivity index is 1.33. The van der Waals surface area contributed by atoms with Crippen molar-refractivity contribution in [2.45, 2.75) is 63.9 Å². The molecule has 0 saturated carbocycles. The zero-order chi connectivity index (χ0) is 28.3. The van der Waals surface area contributed by atoms with Crippen LogP contribution in [0.25, 0.3) is 0 Å². The van der Waals surface area contributed by atoms with E-state index < -0.39 is 30.3 Å². The van der Waals surface area contributed by atoms with Gasteiger partial charge in [-0.05, 0) is 47.4 Å². The summed E-state index contributed by atoms with van der Waals surface area (Å²) in [6.45, 7) is 2.59. The van der Waals surface area contributed by atoms with Crippen LogP contribution in [0.1, 0.15) is 54.5 Å². The van der Waals surface area contributed by atoms with Gasteiger partial charge in [-0.3, -0.25) is 4.79 Å². The summed E-state index contributed by atoms with van der Waals surface area (Å²) in [5, 5.41) is 27.6. The topological polar surface area (TPSA) is 108 Å². The van der Waals surface area contributed by atoms with E-state index in [0.717, 1.165) is 28.7 Å². The standard InChI is InChI=1S/C33H40N2O5/c1-2-23(21-34-33(39)40-22-25-13-7-4-8-14-25)18-28(36)19-27(17-24-11-5-3-6-12-24)32(38)35-31-29-16-10-9-15-26(29)20-30(31)37/h3-16,23,27-28,30-31,36-37H,2,17-22H2,1H3,(H,34,39)(H,35,38)/t23?,27-,28+,30-,31+/m1/s1. The van der Waals surface area contributed by atoms with Gasteiger partial charge in [-0.2, -0.15) is 0 Å². The summed E-state index contributed by atoms with van der Waals surface area (Å²) in [5.41, 5.74) is 3.91. The van der Waals surface area contributed by atoms with Gasteiger partial charge in [-0.15, -0.1) is 0 Å². The molecule has 0 saturated heterocycles. The third-order valence-electron chi connectivity index (χ3n) is 7.68. The summed E-state index contributed by atoms with van der Waals surface area (Å²) in [4.78, 5) is 25.7. The molecule has 7 heteroatoms. The summed E-state index contributed by atoms with van der Waals surface area (Å²) >= 11 is 0. The van der Waals surface area contributed by atoms with Crippen molar-refractivity contribution in [3.8, 4) is 0 Å². The number of ether oxygens (including phenoxy) is 1. The number of aliphatic hydroxyl groups excluding tert-OH is 2. The van der Waals surface area contributed by atoms with Gasteiger partial charge in [0.15, 0.2) is 0 Å². The summed E-state index contributed by atoms with van der Waals surface area (Å²) in [7, 11) is 0. The van der Waals surface area contributed by atoms with E-state index in [1.165, 1.54) is 0 Å². The molecule has 0 radical (unpaired) electrons. The lowest BCUT2D eigenvalue weighted by Gasteiger charge is -2.26. The fourth-order valence-electron chi connectivity index (χ4n) is 5.41. The summed E-state index contributed by atoms with van der Waals surface area (Å²) in [6, 6.07) is 26.6. The third-order valence-corrected chi connectivity index (χ3v) is 7.68. The number of benzene rings is 3. The van der Waals surface area contributed by atoms with E-state index >= 15 is 0 Å². The Bertz CT molecular complexity index is 1220. The minimum Gasteiger partial charge on any atom is -0.445 e. The molecule has 0 aromatic heterocycles. The van der Waals surface area contributed by atoms with Crippen molar-refractivity contribution >= 4 is 12.0 Å². The second-order valence-corrected chi connectivity index (χ2v) is 10.7. The third kappa shape index (κ3) is 8.41. The van der Waals surface area contributed by atoms with E-state index in [4.69, 9.17) is 4.74 Å². The molecule has 2 amide bonds. The van der Waals surface area contributed by atoms with Crippen molar-refractivity contribution in [3.05, 3.63) is 107 Å². The van der Waals surface area contributed by atoms with Crippen LogP contribution in [0.15, 0.2) is 84.9 Å². The van der Waals surface area contributed by atoms with Crippen LogP contribution in [-0.4, -0.2) is 41.0 Å². The Morgan fingerprint density at radius 3 is 2.27 bits per heavy atom. The van der Waals surface area contributed by atoms with Crippen molar-refractivity contribution in [2.24, 2.45) is 11.8 Å². The first kappa shape index (κ1) is 29.3. The zero-order valence-corrected chi connectivity index (χ0v) is 23.0. The van der Waals surface area contributed by atoms with Gasteiger partial charge in [-0.25, -0.2) is 4.79 Å². The Hall–Kier alpha value is -3.68. The first-order valence-electron chi connectivity index (χ1n) is 14.2. The van der Waals surface area contributed by atoms with Gasteiger partial charge >= 0.3 is 6.09 Å². The van der Waals surface area contributed by atoms with Crippen LogP contribution in [-0.2, 0) is 29.0 Å². The number of carbonyl (C=O) groups is 2. The van der Waals surface area contributed by atoms with Crippen molar-refractivity contribution in [2.75, 3.05) is 6.54 Å². The highest BCUT2D eigenvalue weighted by Crippen LogP contribution is 2.32. The first-order chi connectivity index (χ1) is 19.4. The highest BCUT2D eigenvalue weighted by Gasteiger charge is 2.34. The second kappa shape index (κ2) is 14.6. The molecule has 1 unspecified atom stereocenters. The van der Waals surface area contributed by atoms with Crippen molar-refractivity contribution in [1.29, 1.82) is 0 Å². The van der Waals surface area contributed by atoms with E-state index in [2.05, 4.69) is 10.6 Å². The molecule has 0 spiro atoms.